The third-order valence-electron chi connectivity index (χ3n) is 2.85. The van der Waals surface area contributed by atoms with Crippen molar-refractivity contribution in [1.82, 2.24) is 14.1 Å². The van der Waals surface area contributed by atoms with Crippen LogP contribution in [-0.2, 0) is 16.6 Å². The van der Waals surface area contributed by atoms with Gasteiger partial charge in [-0.2, -0.15) is 11.3 Å². The quantitative estimate of drug-likeness (QED) is 0.789. The molecule has 3 rings (SSSR count). The molecule has 3 heterocycles. The summed E-state index contributed by atoms with van der Waals surface area (Å²) in [6.45, 7) is 2.19. The molecule has 0 saturated heterocycles. The summed E-state index contributed by atoms with van der Waals surface area (Å²) in [5.74, 6) is 0. The Kier molecular flexibility index (Phi) is 3.59. The van der Waals surface area contributed by atoms with Gasteiger partial charge in [-0.3, -0.25) is 4.40 Å². The molecule has 3 aromatic rings. The van der Waals surface area contributed by atoms with E-state index in [0.29, 0.717) is 4.96 Å². The van der Waals surface area contributed by atoms with Crippen molar-refractivity contribution < 1.29 is 8.42 Å². The molecule has 0 atom stereocenters. The van der Waals surface area contributed by atoms with Gasteiger partial charge < -0.3 is 0 Å². The molecule has 0 radical (unpaired) electrons. The first kappa shape index (κ1) is 14.0. The maximum absolute atomic E-state index is 12.4. The minimum atomic E-state index is -3.71. The second-order valence-corrected chi connectivity index (χ2v) is 7.82. The number of halogens is 1. The molecule has 3 aromatic heterocycles. The predicted molar refractivity (Wildman–Crippen MR) is 81.2 cm³/mol. The monoisotopic (exact) mass is 347 g/mol. The van der Waals surface area contributed by atoms with Crippen LogP contribution in [0.4, 0.5) is 0 Å². The highest BCUT2D eigenvalue weighted by Gasteiger charge is 2.24. The molecular formula is C11H10ClN3O2S3. The number of aromatic nitrogens is 2. The molecule has 0 aliphatic rings. The van der Waals surface area contributed by atoms with E-state index in [9.17, 15) is 8.42 Å². The van der Waals surface area contributed by atoms with Crippen molar-refractivity contribution in [3.05, 3.63) is 38.6 Å². The van der Waals surface area contributed by atoms with Crippen molar-refractivity contribution in [2.45, 2.75) is 18.5 Å². The zero-order valence-corrected chi connectivity index (χ0v) is 13.5. The van der Waals surface area contributed by atoms with Gasteiger partial charge in [-0.1, -0.05) is 11.6 Å². The van der Waals surface area contributed by atoms with Gasteiger partial charge in [0.25, 0.3) is 10.0 Å². The summed E-state index contributed by atoms with van der Waals surface area (Å²) in [5, 5.41) is 5.65. The van der Waals surface area contributed by atoms with Crippen LogP contribution < -0.4 is 4.72 Å². The van der Waals surface area contributed by atoms with E-state index in [2.05, 4.69) is 9.71 Å². The lowest BCUT2D eigenvalue weighted by Crippen LogP contribution is -2.24. The van der Waals surface area contributed by atoms with Gasteiger partial charge in [0, 0.05) is 18.1 Å². The van der Waals surface area contributed by atoms with Crippen LogP contribution in [0, 0.1) is 6.92 Å². The highest BCUT2D eigenvalue weighted by Crippen LogP contribution is 2.25. The number of sulfonamides is 1. The normalized spacial score (nSPS) is 12.3. The van der Waals surface area contributed by atoms with Gasteiger partial charge in [0.05, 0.1) is 0 Å². The fraction of sp³-hybridized carbons (Fsp3) is 0.182. The van der Waals surface area contributed by atoms with Crippen LogP contribution in [0.5, 0.6) is 0 Å². The van der Waals surface area contributed by atoms with Gasteiger partial charge in [-0.15, -0.1) is 11.3 Å². The van der Waals surface area contributed by atoms with Crippen LogP contribution >= 0.6 is 34.3 Å². The lowest BCUT2D eigenvalue weighted by molar-refractivity contribution is 0.576. The number of hydrogen-bond donors (Lipinski definition) is 1. The molecule has 106 valence electrons. The molecule has 0 fully saturated rings. The van der Waals surface area contributed by atoms with Gasteiger partial charge in [0.1, 0.15) is 0 Å². The Hall–Kier alpha value is -0.930. The van der Waals surface area contributed by atoms with Gasteiger partial charge in [-0.05, 0) is 28.8 Å². The molecular weight excluding hydrogens is 338 g/mol. The van der Waals surface area contributed by atoms with Crippen molar-refractivity contribution in [2.75, 3.05) is 0 Å². The van der Waals surface area contributed by atoms with Crippen LogP contribution in [0.25, 0.3) is 4.96 Å². The van der Waals surface area contributed by atoms with Crippen LogP contribution in [0.1, 0.15) is 11.1 Å². The Balaban J connectivity index is 1.94. The zero-order valence-electron chi connectivity index (χ0n) is 10.3. The number of hydrogen-bond acceptors (Lipinski definition) is 5. The molecule has 9 heteroatoms. The van der Waals surface area contributed by atoms with Crippen molar-refractivity contribution in [3.63, 3.8) is 0 Å². The van der Waals surface area contributed by atoms with Gasteiger partial charge >= 0.3 is 0 Å². The minimum absolute atomic E-state index is 0.00797. The van der Waals surface area contributed by atoms with E-state index >= 15 is 0 Å². The standard InChI is InChI=1S/C11H10ClN3O2S3/c1-7-5-18-6-8(7)4-13-20(16,17)10-9(12)14-11-15(10)2-3-19-11/h2-3,5-6,13H,4H2,1H3. The summed E-state index contributed by atoms with van der Waals surface area (Å²) in [6.07, 6.45) is 1.64. The molecule has 0 aliphatic heterocycles. The fourth-order valence-corrected chi connectivity index (χ4v) is 5.10. The molecule has 0 amide bonds. The minimum Gasteiger partial charge on any atom is -0.279 e. The summed E-state index contributed by atoms with van der Waals surface area (Å²) < 4.78 is 28.8. The third-order valence-corrected chi connectivity index (χ3v) is 6.31. The van der Waals surface area contributed by atoms with E-state index in [0.717, 1.165) is 11.1 Å². The Morgan fingerprint density at radius 1 is 1.45 bits per heavy atom. The number of thiophene rings is 1. The van der Waals surface area contributed by atoms with E-state index < -0.39 is 10.0 Å². The highest BCUT2D eigenvalue weighted by atomic mass is 35.5. The van der Waals surface area contributed by atoms with Crippen molar-refractivity contribution in [1.29, 1.82) is 0 Å². The predicted octanol–water partition coefficient (Wildman–Crippen LogP) is 2.90. The highest BCUT2D eigenvalue weighted by molar-refractivity contribution is 7.89. The van der Waals surface area contributed by atoms with Crippen molar-refractivity contribution in [3.8, 4) is 0 Å². The summed E-state index contributed by atoms with van der Waals surface area (Å²) >= 11 is 8.82. The van der Waals surface area contributed by atoms with Crippen LogP contribution in [0.2, 0.25) is 5.15 Å². The lowest BCUT2D eigenvalue weighted by atomic mass is 10.2. The molecule has 20 heavy (non-hydrogen) atoms. The van der Waals surface area contributed by atoms with Crippen molar-refractivity contribution >= 4 is 49.3 Å². The van der Waals surface area contributed by atoms with Crippen LogP contribution in [0.3, 0.4) is 0 Å². The first-order valence-electron chi connectivity index (χ1n) is 5.61. The summed E-state index contributed by atoms with van der Waals surface area (Å²) in [5.41, 5.74) is 2.03. The van der Waals surface area contributed by atoms with Gasteiger partial charge in [0.15, 0.2) is 15.1 Å². The first-order chi connectivity index (χ1) is 9.49. The maximum atomic E-state index is 12.4. The Labute approximate surface area is 128 Å². The molecule has 0 aliphatic carbocycles. The van der Waals surface area contributed by atoms with Crippen LogP contribution in [-0.4, -0.2) is 17.8 Å². The van der Waals surface area contributed by atoms with Crippen molar-refractivity contribution in [2.24, 2.45) is 0 Å². The summed E-state index contributed by atoms with van der Waals surface area (Å²) in [6, 6.07) is 0. The molecule has 0 aromatic carbocycles. The molecule has 5 nitrogen and oxygen atoms in total. The maximum Gasteiger partial charge on any atom is 0.260 e. The molecule has 0 unspecified atom stereocenters. The Morgan fingerprint density at radius 3 is 2.95 bits per heavy atom. The first-order valence-corrected chi connectivity index (χ1v) is 9.30. The summed E-state index contributed by atoms with van der Waals surface area (Å²) in [4.78, 5) is 4.59. The topological polar surface area (TPSA) is 63.5 Å². The van der Waals surface area contributed by atoms with Gasteiger partial charge in [0.2, 0.25) is 0 Å². The zero-order chi connectivity index (χ0) is 14.3. The Morgan fingerprint density at radius 2 is 2.25 bits per heavy atom. The average molecular weight is 348 g/mol. The number of imidazole rings is 1. The Bertz CT molecular complexity index is 863. The molecule has 0 spiro atoms. The van der Waals surface area contributed by atoms with E-state index in [1.54, 1.807) is 22.9 Å². The SMILES string of the molecule is Cc1cscc1CNS(=O)(=O)c1c(Cl)nc2sccn12. The van der Waals surface area contributed by atoms with E-state index in [1.165, 1.54) is 15.7 Å². The number of aryl methyl sites for hydroxylation is 1. The fourth-order valence-electron chi connectivity index (χ4n) is 1.79. The second-order valence-electron chi connectivity index (χ2n) is 4.17. The van der Waals surface area contributed by atoms with Crippen LogP contribution in [0.15, 0.2) is 27.4 Å². The number of rotatable bonds is 4. The van der Waals surface area contributed by atoms with E-state index in [1.807, 2.05) is 17.7 Å². The molecule has 0 bridgehead atoms. The van der Waals surface area contributed by atoms with E-state index in [4.69, 9.17) is 11.6 Å². The smallest absolute Gasteiger partial charge is 0.260 e. The number of nitrogens with one attached hydrogen (secondary N) is 1. The lowest BCUT2D eigenvalue weighted by Gasteiger charge is -2.06. The number of thiazole rings is 1. The molecule has 1 N–H and O–H groups in total. The number of fused-ring (bicyclic) bond motifs is 1. The van der Waals surface area contributed by atoms with Gasteiger partial charge in [-0.25, -0.2) is 18.1 Å². The second kappa shape index (κ2) is 5.12. The average Bonchev–Trinajstić information content (AvgIpc) is 3.02. The molecule has 0 saturated carbocycles. The number of nitrogens with zero attached hydrogens (tertiary/aromatic N) is 2. The third kappa shape index (κ3) is 2.38. The summed E-state index contributed by atoms with van der Waals surface area (Å²) in [7, 11) is -3.71. The largest absolute Gasteiger partial charge is 0.279 e. The van der Waals surface area contributed by atoms with E-state index in [-0.39, 0.29) is 16.7 Å².